The maximum Gasteiger partial charge on any atom is 0.240 e. The van der Waals surface area contributed by atoms with E-state index in [0.717, 1.165) is 30.5 Å². The molecule has 1 fully saturated rings. The highest BCUT2D eigenvalue weighted by molar-refractivity contribution is 7.89. The van der Waals surface area contributed by atoms with Gasteiger partial charge in [-0.05, 0) is 50.5 Å². The van der Waals surface area contributed by atoms with Crippen molar-refractivity contribution in [1.29, 1.82) is 0 Å². The van der Waals surface area contributed by atoms with Gasteiger partial charge < -0.3 is 5.32 Å². The summed E-state index contributed by atoms with van der Waals surface area (Å²) in [4.78, 5) is 0.327. The van der Waals surface area contributed by atoms with Gasteiger partial charge in [0.15, 0.2) is 0 Å². The normalized spacial score (nSPS) is 21.3. The van der Waals surface area contributed by atoms with Gasteiger partial charge in [-0.2, -0.15) is 0 Å². The number of aryl methyl sites for hydroxylation is 1. The molecule has 0 aliphatic heterocycles. The fourth-order valence-corrected chi connectivity index (χ4v) is 4.32. The Morgan fingerprint density at radius 1 is 0.913 bits per heavy atom. The molecule has 4 nitrogen and oxygen atoms in total. The Morgan fingerprint density at radius 3 is 2.26 bits per heavy atom. The molecule has 122 valence electrons. The summed E-state index contributed by atoms with van der Waals surface area (Å²) in [6, 6.07) is 16.9. The van der Waals surface area contributed by atoms with Crippen molar-refractivity contribution in [3.05, 3.63) is 60.2 Å². The van der Waals surface area contributed by atoms with Crippen LogP contribution >= 0.6 is 0 Å². The van der Waals surface area contributed by atoms with Gasteiger partial charge >= 0.3 is 0 Å². The Labute approximate surface area is 138 Å². The van der Waals surface area contributed by atoms with Gasteiger partial charge in [0.05, 0.1) is 4.90 Å². The second-order valence-corrected chi connectivity index (χ2v) is 7.80. The molecule has 2 aromatic rings. The maximum absolute atomic E-state index is 12.6. The van der Waals surface area contributed by atoms with Gasteiger partial charge in [0.1, 0.15) is 0 Å². The van der Waals surface area contributed by atoms with Crippen molar-refractivity contribution >= 4 is 15.7 Å². The van der Waals surface area contributed by atoms with Gasteiger partial charge in [0.25, 0.3) is 0 Å². The Balaban J connectivity index is 1.72. The first-order valence-electron chi connectivity index (χ1n) is 7.95. The third-order valence-electron chi connectivity index (χ3n) is 4.28. The summed E-state index contributed by atoms with van der Waals surface area (Å²) < 4.78 is 28.0. The quantitative estimate of drug-likeness (QED) is 0.884. The molecule has 5 heteroatoms. The Bertz CT molecular complexity index is 742. The molecule has 0 heterocycles. The summed E-state index contributed by atoms with van der Waals surface area (Å²) in [5.74, 6) is 0. The number of anilines is 1. The largest absolute Gasteiger partial charge is 0.381 e. The van der Waals surface area contributed by atoms with Crippen molar-refractivity contribution < 1.29 is 8.42 Å². The average molecular weight is 330 g/mol. The molecule has 0 amide bonds. The summed E-state index contributed by atoms with van der Waals surface area (Å²) in [5.41, 5.74) is 2.08. The second kappa shape index (κ2) is 6.72. The lowest BCUT2D eigenvalue weighted by atomic mass is 10.2. The van der Waals surface area contributed by atoms with Crippen LogP contribution < -0.4 is 10.0 Å². The van der Waals surface area contributed by atoms with Crippen molar-refractivity contribution in [1.82, 2.24) is 4.72 Å². The minimum atomic E-state index is -3.48. The molecule has 0 radical (unpaired) electrons. The molecule has 23 heavy (non-hydrogen) atoms. The van der Waals surface area contributed by atoms with E-state index in [9.17, 15) is 8.42 Å². The number of sulfonamides is 1. The zero-order valence-corrected chi connectivity index (χ0v) is 14.0. The van der Waals surface area contributed by atoms with Crippen LogP contribution in [0, 0.1) is 6.92 Å². The van der Waals surface area contributed by atoms with E-state index in [1.54, 1.807) is 12.1 Å². The molecule has 2 atom stereocenters. The number of rotatable bonds is 5. The SMILES string of the molecule is Cc1ccc(S(=O)(=O)N[C@@H]2CCC[C@H]2Nc2ccccc2)cc1. The number of hydrogen-bond acceptors (Lipinski definition) is 3. The predicted octanol–water partition coefficient (Wildman–Crippen LogP) is 3.31. The molecule has 2 N–H and O–H groups in total. The average Bonchev–Trinajstić information content (AvgIpc) is 2.95. The minimum Gasteiger partial charge on any atom is -0.381 e. The van der Waals surface area contributed by atoms with E-state index < -0.39 is 10.0 Å². The van der Waals surface area contributed by atoms with Crippen LogP contribution in [0.4, 0.5) is 5.69 Å². The van der Waals surface area contributed by atoms with Gasteiger partial charge in [-0.1, -0.05) is 35.9 Å². The molecule has 0 spiro atoms. The topological polar surface area (TPSA) is 58.2 Å². The minimum absolute atomic E-state index is 0.0819. The van der Waals surface area contributed by atoms with E-state index in [0.29, 0.717) is 4.90 Å². The lowest BCUT2D eigenvalue weighted by Crippen LogP contribution is -2.43. The van der Waals surface area contributed by atoms with Crippen LogP contribution in [0.2, 0.25) is 0 Å². The maximum atomic E-state index is 12.6. The van der Waals surface area contributed by atoms with Gasteiger partial charge in [-0.25, -0.2) is 13.1 Å². The van der Waals surface area contributed by atoms with Crippen molar-refractivity contribution in [2.24, 2.45) is 0 Å². The van der Waals surface area contributed by atoms with E-state index in [1.165, 1.54) is 0 Å². The first-order chi connectivity index (χ1) is 11.0. The summed E-state index contributed by atoms with van der Waals surface area (Å²) in [6.45, 7) is 1.95. The second-order valence-electron chi connectivity index (χ2n) is 6.09. The Kier molecular flexibility index (Phi) is 4.68. The van der Waals surface area contributed by atoms with E-state index >= 15 is 0 Å². The molecule has 1 aliphatic rings. The first kappa shape index (κ1) is 16.0. The van der Waals surface area contributed by atoms with Crippen LogP contribution in [0.3, 0.4) is 0 Å². The molecular weight excluding hydrogens is 308 g/mol. The van der Waals surface area contributed by atoms with Gasteiger partial charge in [0, 0.05) is 17.8 Å². The molecule has 0 unspecified atom stereocenters. The fourth-order valence-electron chi connectivity index (χ4n) is 3.01. The van der Waals surface area contributed by atoms with E-state index in [4.69, 9.17) is 0 Å². The summed E-state index contributed by atoms with van der Waals surface area (Å²) in [7, 11) is -3.48. The molecule has 2 aromatic carbocycles. The van der Waals surface area contributed by atoms with Crippen molar-refractivity contribution in [3.8, 4) is 0 Å². The fraction of sp³-hybridized carbons (Fsp3) is 0.333. The van der Waals surface area contributed by atoms with Gasteiger partial charge in [-0.15, -0.1) is 0 Å². The van der Waals surface area contributed by atoms with Gasteiger partial charge in [0.2, 0.25) is 10.0 Å². The van der Waals surface area contributed by atoms with Gasteiger partial charge in [-0.3, -0.25) is 0 Å². The highest BCUT2D eigenvalue weighted by atomic mass is 32.2. The number of nitrogens with one attached hydrogen (secondary N) is 2. The third-order valence-corrected chi connectivity index (χ3v) is 5.79. The Hall–Kier alpha value is -1.85. The standard InChI is InChI=1S/C18H22N2O2S/c1-14-10-12-16(13-11-14)23(21,22)20-18-9-5-8-17(18)19-15-6-3-2-4-7-15/h2-4,6-7,10-13,17-20H,5,8-9H2,1H3/t17-,18-/m1/s1. The van der Waals surface area contributed by atoms with Crippen LogP contribution in [0.1, 0.15) is 24.8 Å². The highest BCUT2D eigenvalue weighted by Crippen LogP contribution is 2.24. The monoisotopic (exact) mass is 330 g/mol. The summed E-state index contributed by atoms with van der Waals surface area (Å²) >= 11 is 0. The number of hydrogen-bond donors (Lipinski definition) is 2. The molecule has 3 rings (SSSR count). The zero-order chi connectivity index (χ0) is 16.3. The lowest BCUT2D eigenvalue weighted by molar-refractivity contribution is 0.535. The smallest absolute Gasteiger partial charge is 0.240 e. The van der Waals surface area contributed by atoms with Crippen molar-refractivity contribution in [2.45, 2.75) is 43.2 Å². The first-order valence-corrected chi connectivity index (χ1v) is 9.43. The summed E-state index contributed by atoms with van der Waals surface area (Å²) in [6.07, 6.45) is 2.84. The van der Waals surface area contributed by atoms with E-state index in [-0.39, 0.29) is 12.1 Å². The van der Waals surface area contributed by atoms with Crippen LogP contribution in [0.5, 0.6) is 0 Å². The molecular formula is C18H22N2O2S. The highest BCUT2D eigenvalue weighted by Gasteiger charge is 2.31. The summed E-state index contributed by atoms with van der Waals surface area (Å²) in [5, 5.41) is 3.45. The molecule has 0 bridgehead atoms. The molecule has 1 saturated carbocycles. The van der Waals surface area contributed by atoms with Crippen molar-refractivity contribution in [2.75, 3.05) is 5.32 Å². The van der Waals surface area contributed by atoms with E-state index in [1.807, 2.05) is 49.4 Å². The molecule has 0 aromatic heterocycles. The number of benzene rings is 2. The van der Waals surface area contributed by atoms with Crippen LogP contribution in [0.15, 0.2) is 59.5 Å². The van der Waals surface area contributed by atoms with Crippen molar-refractivity contribution in [3.63, 3.8) is 0 Å². The lowest BCUT2D eigenvalue weighted by Gasteiger charge is -2.23. The Morgan fingerprint density at radius 2 is 1.57 bits per heavy atom. The molecule has 1 aliphatic carbocycles. The zero-order valence-electron chi connectivity index (χ0n) is 13.2. The number of para-hydroxylation sites is 1. The predicted molar refractivity (Wildman–Crippen MR) is 93.0 cm³/mol. The van der Waals surface area contributed by atoms with Crippen LogP contribution in [-0.4, -0.2) is 20.5 Å². The third kappa shape index (κ3) is 3.92. The van der Waals surface area contributed by atoms with Crippen LogP contribution in [0.25, 0.3) is 0 Å². The van der Waals surface area contributed by atoms with E-state index in [2.05, 4.69) is 10.0 Å². The van der Waals surface area contributed by atoms with Crippen LogP contribution in [-0.2, 0) is 10.0 Å². The molecule has 0 saturated heterocycles.